The fraction of sp³-hybridized carbons (Fsp3) is 0.125. The summed E-state index contributed by atoms with van der Waals surface area (Å²) in [7, 11) is 0. The molecule has 5 nitrogen and oxygen atoms in total. The van der Waals surface area contributed by atoms with E-state index < -0.39 is 0 Å². The summed E-state index contributed by atoms with van der Waals surface area (Å²) >= 11 is 0. The highest BCUT2D eigenvalue weighted by Gasteiger charge is 2.12. The Kier molecular flexibility index (Phi) is 7.51. The van der Waals surface area contributed by atoms with Crippen LogP contribution < -0.4 is 11.1 Å². The van der Waals surface area contributed by atoms with E-state index >= 15 is 0 Å². The first-order valence-corrected chi connectivity index (χ1v) is 9.81. The molecule has 0 aliphatic heterocycles. The van der Waals surface area contributed by atoms with Crippen LogP contribution in [0.4, 0.5) is 16.0 Å². The van der Waals surface area contributed by atoms with Gasteiger partial charge >= 0.3 is 0 Å². The monoisotopic (exact) mass is 435 g/mol. The van der Waals surface area contributed by atoms with Crippen molar-refractivity contribution in [1.29, 1.82) is 0 Å². The molecule has 4 aromatic rings. The Morgan fingerprint density at radius 3 is 2.52 bits per heavy atom. The third kappa shape index (κ3) is 5.55. The zero-order chi connectivity index (χ0) is 20.8. The summed E-state index contributed by atoms with van der Waals surface area (Å²) in [5.74, 6) is 0.235. The molecule has 2 aromatic heterocycles. The minimum atomic E-state index is -0.296. The number of para-hydroxylation sites is 1. The first-order valence-electron chi connectivity index (χ1n) is 9.81. The van der Waals surface area contributed by atoms with Gasteiger partial charge in [-0.2, -0.15) is 0 Å². The van der Waals surface area contributed by atoms with Gasteiger partial charge in [0.1, 0.15) is 5.82 Å². The molecule has 0 saturated carbocycles. The SMILES string of the molecule is Cl.Nc1ccccc1CCCNc1ncc(-c2cccc(F)c2)c(-c2ccncc2)n1. The number of hydrogen-bond donors (Lipinski definition) is 2. The average Bonchev–Trinajstić information content (AvgIpc) is 2.78. The van der Waals surface area contributed by atoms with Gasteiger partial charge in [-0.05, 0) is 54.3 Å². The van der Waals surface area contributed by atoms with Crippen molar-refractivity contribution in [1.82, 2.24) is 15.0 Å². The van der Waals surface area contributed by atoms with Gasteiger partial charge in [-0.25, -0.2) is 14.4 Å². The van der Waals surface area contributed by atoms with Crippen LogP contribution in [0.15, 0.2) is 79.3 Å². The lowest BCUT2D eigenvalue weighted by atomic mass is 10.0. The van der Waals surface area contributed by atoms with Crippen LogP contribution >= 0.6 is 12.4 Å². The Morgan fingerprint density at radius 2 is 1.74 bits per heavy atom. The van der Waals surface area contributed by atoms with Crippen LogP contribution in [-0.4, -0.2) is 21.5 Å². The molecular formula is C24H23ClFN5. The number of anilines is 2. The van der Waals surface area contributed by atoms with Gasteiger partial charge in [0.25, 0.3) is 0 Å². The number of nitrogen functional groups attached to an aromatic ring is 1. The lowest BCUT2D eigenvalue weighted by Gasteiger charge is -2.12. The Bertz CT molecular complexity index is 1140. The van der Waals surface area contributed by atoms with Gasteiger partial charge < -0.3 is 11.1 Å². The van der Waals surface area contributed by atoms with Crippen LogP contribution in [-0.2, 0) is 6.42 Å². The van der Waals surface area contributed by atoms with Crippen LogP contribution in [0, 0.1) is 5.82 Å². The third-order valence-corrected chi connectivity index (χ3v) is 4.84. The van der Waals surface area contributed by atoms with Gasteiger partial charge in [-0.1, -0.05) is 30.3 Å². The molecular weight excluding hydrogens is 413 g/mol. The predicted molar refractivity (Wildman–Crippen MR) is 126 cm³/mol. The molecule has 0 aliphatic rings. The second-order valence-corrected chi connectivity index (χ2v) is 6.93. The molecule has 0 unspecified atom stereocenters. The predicted octanol–water partition coefficient (Wildman–Crippen LogP) is 5.39. The summed E-state index contributed by atoms with van der Waals surface area (Å²) in [5, 5.41) is 3.28. The Morgan fingerprint density at radius 1 is 0.935 bits per heavy atom. The van der Waals surface area contributed by atoms with Crippen molar-refractivity contribution in [2.45, 2.75) is 12.8 Å². The largest absolute Gasteiger partial charge is 0.399 e. The third-order valence-electron chi connectivity index (χ3n) is 4.84. The van der Waals surface area contributed by atoms with E-state index in [9.17, 15) is 4.39 Å². The number of nitrogens with two attached hydrogens (primary N) is 1. The summed E-state index contributed by atoms with van der Waals surface area (Å²) in [6.45, 7) is 0.712. The molecule has 0 radical (unpaired) electrons. The van der Waals surface area contributed by atoms with Crippen molar-refractivity contribution in [3.05, 3.63) is 90.6 Å². The number of pyridine rings is 1. The highest BCUT2D eigenvalue weighted by molar-refractivity contribution is 5.85. The van der Waals surface area contributed by atoms with Crippen molar-refractivity contribution in [3.63, 3.8) is 0 Å². The van der Waals surface area contributed by atoms with E-state index in [1.165, 1.54) is 12.1 Å². The molecule has 0 bridgehead atoms. The summed E-state index contributed by atoms with van der Waals surface area (Å²) in [5.41, 5.74) is 11.1. The first-order chi connectivity index (χ1) is 14.7. The second kappa shape index (κ2) is 10.5. The zero-order valence-corrected chi connectivity index (χ0v) is 17.6. The topological polar surface area (TPSA) is 76.7 Å². The molecule has 0 saturated heterocycles. The van der Waals surface area contributed by atoms with Crippen molar-refractivity contribution in [2.24, 2.45) is 0 Å². The van der Waals surface area contributed by atoms with Gasteiger partial charge in [-0.3, -0.25) is 4.98 Å². The molecule has 0 amide bonds. The normalized spacial score (nSPS) is 10.4. The molecule has 7 heteroatoms. The fourth-order valence-corrected chi connectivity index (χ4v) is 3.31. The van der Waals surface area contributed by atoms with Gasteiger partial charge in [-0.15, -0.1) is 12.4 Å². The molecule has 0 aliphatic carbocycles. The van der Waals surface area contributed by atoms with Crippen LogP contribution in [0.3, 0.4) is 0 Å². The Labute approximate surface area is 187 Å². The van der Waals surface area contributed by atoms with E-state index in [-0.39, 0.29) is 18.2 Å². The van der Waals surface area contributed by atoms with Crippen LogP contribution in [0.1, 0.15) is 12.0 Å². The quantitative estimate of drug-likeness (QED) is 0.300. The van der Waals surface area contributed by atoms with Crippen molar-refractivity contribution in [2.75, 3.05) is 17.6 Å². The highest BCUT2D eigenvalue weighted by atomic mass is 35.5. The van der Waals surface area contributed by atoms with Crippen LogP contribution in [0.25, 0.3) is 22.4 Å². The van der Waals surface area contributed by atoms with E-state index in [4.69, 9.17) is 10.7 Å². The van der Waals surface area contributed by atoms with E-state index in [1.807, 2.05) is 42.5 Å². The standard InChI is InChI=1S/C24H22FN5.ClH/c25-20-8-3-6-19(15-20)21-16-29-24(30-23(21)18-10-13-27-14-11-18)28-12-4-7-17-5-1-2-9-22(17)26;/h1-3,5-6,8-11,13-16H,4,7,12,26H2,(H,28,29,30);1H. The number of nitrogens with one attached hydrogen (secondary N) is 1. The van der Waals surface area contributed by atoms with Gasteiger partial charge in [0.15, 0.2) is 0 Å². The van der Waals surface area contributed by atoms with E-state index in [0.717, 1.165) is 46.5 Å². The lowest BCUT2D eigenvalue weighted by molar-refractivity contribution is 0.628. The smallest absolute Gasteiger partial charge is 0.223 e. The van der Waals surface area contributed by atoms with Crippen molar-refractivity contribution < 1.29 is 4.39 Å². The Balaban J connectivity index is 0.00000272. The maximum absolute atomic E-state index is 13.8. The molecule has 4 rings (SSSR count). The van der Waals surface area contributed by atoms with Gasteiger partial charge in [0.05, 0.1) is 5.69 Å². The van der Waals surface area contributed by atoms with E-state index in [0.29, 0.717) is 12.5 Å². The van der Waals surface area contributed by atoms with Crippen molar-refractivity contribution in [3.8, 4) is 22.4 Å². The minimum absolute atomic E-state index is 0. The van der Waals surface area contributed by atoms with E-state index in [2.05, 4.69) is 15.3 Å². The van der Waals surface area contributed by atoms with E-state index in [1.54, 1.807) is 24.7 Å². The average molecular weight is 436 g/mol. The van der Waals surface area contributed by atoms with Crippen LogP contribution in [0.2, 0.25) is 0 Å². The number of aryl methyl sites for hydroxylation is 1. The summed E-state index contributed by atoms with van der Waals surface area (Å²) < 4.78 is 13.8. The summed E-state index contributed by atoms with van der Waals surface area (Å²) in [4.78, 5) is 13.2. The summed E-state index contributed by atoms with van der Waals surface area (Å²) in [6.07, 6.45) is 6.93. The zero-order valence-electron chi connectivity index (χ0n) is 16.8. The number of benzene rings is 2. The maximum atomic E-state index is 13.8. The molecule has 0 spiro atoms. The number of nitrogens with zero attached hydrogens (tertiary/aromatic N) is 3. The van der Waals surface area contributed by atoms with Crippen LogP contribution in [0.5, 0.6) is 0 Å². The second-order valence-electron chi connectivity index (χ2n) is 6.93. The molecule has 2 heterocycles. The maximum Gasteiger partial charge on any atom is 0.223 e. The first kappa shape index (κ1) is 22.2. The lowest BCUT2D eigenvalue weighted by Crippen LogP contribution is -2.08. The molecule has 0 atom stereocenters. The molecule has 2 aromatic carbocycles. The Hall–Kier alpha value is -3.51. The molecule has 0 fully saturated rings. The highest BCUT2D eigenvalue weighted by Crippen LogP contribution is 2.30. The minimum Gasteiger partial charge on any atom is -0.399 e. The van der Waals surface area contributed by atoms with Gasteiger partial charge in [0, 0.05) is 41.9 Å². The number of halogens is 2. The molecule has 31 heavy (non-hydrogen) atoms. The molecule has 3 N–H and O–H groups in total. The number of rotatable bonds is 7. The number of aromatic nitrogens is 3. The summed E-state index contributed by atoms with van der Waals surface area (Å²) in [6, 6.07) is 18.1. The fourth-order valence-electron chi connectivity index (χ4n) is 3.31. The van der Waals surface area contributed by atoms with Gasteiger partial charge in [0.2, 0.25) is 5.95 Å². The molecule has 158 valence electrons. The number of hydrogen-bond acceptors (Lipinski definition) is 5. The van der Waals surface area contributed by atoms with Crippen molar-refractivity contribution >= 4 is 24.0 Å².